The van der Waals surface area contributed by atoms with Crippen LogP contribution in [0.15, 0.2) is 17.5 Å². The summed E-state index contributed by atoms with van der Waals surface area (Å²) in [6.07, 6.45) is -0.122. The van der Waals surface area contributed by atoms with Crippen LogP contribution in [0.1, 0.15) is 29.4 Å². The first-order chi connectivity index (χ1) is 9.54. The average Bonchev–Trinajstić information content (AvgIpc) is 3.06. The van der Waals surface area contributed by atoms with Crippen LogP contribution in [-0.4, -0.2) is 40.5 Å². The van der Waals surface area contributed by atoms with Gasteiger partial charge < -0.3 is 15.3 Å². The summed E-state index contributed by atoms with van der Waals surface area (Å²) in [6, 6.07) is 3.41. The van der Waals surface area contributed by atoms with Crippen molar-refractivity contribution < 1.29 is 19.5 Å². The number of likely N-dealkylation sites (tertiary alicyclic amines) is 1. The van der Waals surface area contributed by atoms with Gasteiger partial charge in [0.1, 0.15) is 6.17 Å². The van der Waals surface area contributed by atoms with Crippen molar-refractivity contribution in [3.05, 3.63) is 22.4 Å². The highest BCUT2D eigenvalue weighted by molar-refractivity contribution is 7.12. The molecule has 2 N–H and O–H groups in total. The summed E-state index contributed by atoms with van der Waals surface area (Å²) in [6.45, 7) is 2.08. The fourth-order valence-electron chi connectivity index (χ4n) is 2.33. The van der Waals surface area contributed by atoms with Crippen LogP contribution >= 0.6 is 11.3 Å². The number of hydrogen-bond acceptors (Lipinski definition) is 4. The molecule has 1 aromatic heterocycles. The van der Waals surface area contributed by atoms with E-state index in [2.05, 4.69) is 5.32 Å². The second kappa shape index (κ2) is 6.04. The van der Waals surface area contributed by atoms with E-state index in [1.54, 1.807) is 24.4 Å². The van der Waals surface area contributed by atoms with Crippen LogP contribution in [0, 0.1) is 5.92 Å². The summed E-state index contributed by atoms with van der Waals surface area (Å²) in [5.74, 6) is -2.24. The molecule has 6 nitrogen and oxygen atoms in total. The lowest BCUT2D eigenvalue weighted by atomic mass is 10.1. The van der Waals surface area contributed by atoms with Gasteiger partial charge in [0.25, 0.3) is 5.91 Å². The maximum Gasteiger partial charge on any atom is 0.310 e. The third-order valence-corrected chi connectivity index (χ3v) is 4.23. The molecule has 2 heterocycles. The lowest BCUT2D eigenvalue weighted by molar-refractivity contribution is -0.143. The second-order valence-corrected chi connectivity index (χ2v) is 5.52. The largest absolute Gasteiger partial charge is 0.481 e. The lowest BCUT2D eigenvalue weighted by Crippen LogP contribution is -2.51. The Morgan fingerprint density at radius 3 is 2.80 bits per heavy atom. The minimum absolute atomic E-state index is 0.148. The van der Waals surface area contributed by atoms with Crippen LogP contribution in [-0.2, 0) is 9.59 Å². The van der Waals surface area contributed by atoms with Crippen molar-refractivity contribution in [2.75, 3.05) is 6.54 Å². The number of carboxylic acid groups (broad SMARTS) is 1. The molecular formula is C13H16N2O4S. The lowest BCUT2D eigenvalue weighted by Gasteiger charge is -2.27. The van der Waals surface area contributed by atoms with Crippen molar-refractivity contribution in [1.82, 2.24) is 10.2 Å². The van der Waals surface area contributed by atoms with Gasteiger partial charge in [-0.05, 0) is 17.9 Å². The zero-order valence-electron chi connectivity index (χ0n) is 11.0. The van der Waals surface area contributed by atoms with Crippen molar-refractivity contribution >= 4 is 29.1 Å². The van der Waals surface area contributed by atoms with Gasteiger partial charge in [0, 0.05) is 13.0 Å². The van der Waals surface area contributed by atoms with E-state index >= 15 is 0 Å². The predicted octanol–water partition coefficient (Wildman–Crippen LogP) is 1.15. The Bertz CT molecular complexity index is 514. The number of hydrogen-bond donors (Lipinski definition) is 2. The normalized spacial score (nSPS) is 21.8. The summed E-state index contributed by atoms with van der Waals surface area (Å²) in [7, 11) is 0. The molecule has 1 aromatic rings. The van der Waals surface area contributed by atoms with E-state index in [0.717, 1.165) is 0 Å². The van der Waals surface area contributed by atoms with Gasteiger partial charge in [-0.25, -0.2) is 0 Å². The molecular weight excluding hydrogens is 280 g/mol. The van der Waals surface area contributed by atoms with Crippen LogP contribution in [0.5, 0.6) is 0 Å². The number of amides is 2. The van der Waals surface area contributed by atoms with E-state index < -0.39 is 18.1 Å². The third kappa shape index (κ3) is 2.82. The SMILES string of the molecule is CCC(=O)N1CCC(C(=O)O)C1NC(=O)c1cccs1. The number of carboxylic acids is 1. The van der Waals surface area contributed by atoms with E-state index in [9.17, 15) is 19.5 Å². The summed E-state index contributed by atoms with van der Waals surface area (Å²) in [5, 5.41) is 13.7. The van der Waals surface area contributed by atoms with E-state index in [1.807, 2.05) is 0 Å². The Balaban J connectivity index is 2.16. The molecule has 0 spiro atoms. The monoisotopic (exact) mass is 296 g/mol. The molecule has 1 aliphatic heterocycles. The van der Waals surface area contributed by atoms with Crippen molar-refractivity contribution in [2.24, 2.45) is 5.92 Å². The maximum atomic E-state index is 12.1. The maximum absolute atomic E-state index is 12.1. The van der Waals surface area contributed by atoms with E-state index in [4.69, 9.17) is 0 Å². The zero-order valence-corrected chi connectivity index (χ0v) is 11.9. The number of thiophene rings is 1. The summed E-state index contributed by atoms with van der Waals surface area (Å²) in [5.41, 5.74) is 0. The Hall–Kier alpha value is -1.89. The first-order valence-electron chi connectivity index (χ1n) is 6.41. The Morgan fingerprint density at radius 2 is 2.25 bits per heavy atom. The summed E-state index contributed by atoms with van der Waals surface area (Å²) < 4.78 is 0. The quantitative estimate of drug-likeness (QED) is 0.872. The minimum atomic E-state index is -0.993. The van der Waals surface area contributed by atoms with E-state index in [1.165, 1.54) is 16.2 Å². The molecule has 20 heavy (non-hydrogen) atoms. The molecule has 1 fully saturated rings. The number of carbonyl (C=O) groups excluding carboxylic acids is 2. The van der Waals surface area contributed by atoms with Crippen molar-refractivity contribution in [2.45, 2.75) is 25.9 Å². The highest BCUT2D eigenvalue weighted by Gasteiger charge is 2.41. The third-order valence-electron chi connectivity index (χ3n) is 3.36. The topological polar surface area (TPSA) is 86.7 Å². The fourth-order valence-corrected chi connectivity index (χ4v) is 2.95. The molecule has 0 bridgehead atoms. The summed E-state index contributed by atoms with van der Waals surface area (Å²) >= 11 is 1.28. The van der Waals surface area contributed by atoms with Gasteiger partial charge in [0.2, 0.25) is 5.91 Å². The van der Waals surface area contributed by atoms with Crippen molar-refractivity contribution in [3.8, 4) is 0 Å². The number of rotatable bonds is 4. The molecule has 0 aromatic carbocycles. The molecule has 0 saturated carbocycles. The fraction of sp³-hybridized carbons (Fsp3) is 0.462. The smallest absolute Gasteiger partial charge is 0.310 e. The Kier molecular flexibility index (Phi) is 4.39. The highest BCUT2D eigenvalue weighted by Crippen LogP contribution is 2.24. The van der Waals surface area contributed by atoms with Gasteiger partial charge in [-0.1, -0.05) is 13.0 Å². The average molecular weight is 296 g/mol. The number of nitrogens with zero attached hydrogens (tertiary/aromatic N) is 1. The molecule has 2 unspecified atom stereocenters. The van der Waals surface area contributed by atoms with E-state index in [-0.39, 0.29) is 18.2 Å². The first kappa shape index (κ1) is 14.5. The summed E-state index contributed by atoms with van der Waals surface area (Å²) in [4.78, 5) is 37.1. The van der Waals surface area contributed by atoms with Gasteiger partial charge >= 0.3 is 5.97 Å². The van der Waals surface area contributed by atoms with Gasteiger partial charge in [-0.2, -0.15) is 0 Å². The number of carbonyl (C=O) groups is 3. The van der Waals surface area contributed by atoms with Gasteiger partial charge in [-0.15, -0.1) is 11.3 Å². The van der Waals surface area contributed by atoms with Crippen LogP contribution < -0.4 is 5.32 Å². The highest BCUT2D eigenvalue weighted by atomic mass is 32.1. The number of aliphatic carboxylic acids is 1. The first-order valence-corrected chi connectivity index (χ1v) is 7.29. The number of nitrogens with one attached hydrogen (secondary N) is 1. The van der Waals surface area contributed by atoms with Crippen LogP contribution in [0.3, 0.4) is 0 Å². The molecule has 2 rings (SSSR count). The molecule has 0 radical (unpaired) electrons. The van der Waals surface area contributed by atoms with Crippen molar-refractivity contribution in [1.29, 1.82) is 0 Å². The van der Waals surface area contributed by atoms with Crippen LogP contribution in [0.2, 0.25) is 0 Å². The van der Waals surface area contributed by atoms with Gasteiger partial charge in [0.15, 0.2) is 0 Å². The molecule has 1 aliphatic rings. The minimum Gasteiger partial charge on any atom is -0.481 e. The van der Waals surface area contributed by atoms with Crippen LogP contribution in [0.25, 0.3) is 0 Å². The van der Waals surface area contributed by atoms with Gasteiger partial charge in [0.05, 0.1) is 10.8 Å². The standard InChI is InChI=1S/C13H16N2O4S/c1-2-10(16)15-6-5-8(13(18)19)11(15)14-12(17)9-4-3-7-20-9/h3-4,7-8,11H,2,5-6H2,1H3,(H,14,17)(H,18,19). The van der Waals surface area contributed by atoms with Crippen molar-refractivity contribution in [3.63, 3.8) is 0 Å². The zero-order chi connectivity index (χ0) is 14.7. The Labute approximate surface area is 120 Å². The van der Waals surface area contributed by atoms with E-state index in [0.29, 0.717) is 17.8 Å². The Morgan fingerprint density at radius 1 is 1.50 bits per heavy atom. The van der Waals surface area contributed by atoms with Crippen LogP contribution in [0.4, 0.5) is 0 Å². The molecule has 108 valence electrons. The molecule has 2 amide bonds. The predicted molar refractivity (Wildman–Crippen MR) is 73.3 cm³/mol. The molecule has 2 atom stereocenters. The molecule has 0 aliphatic carbocycles. The molecule has 1 saturated heterocycles. The second-order valence-electron chi connectivity index (χ2n) is 4.57. The molecule has 7 heteroatoms. The van der Waals surface area contributed by atoms with Gasteiger partial charge in [-0.3, -0.25) is 14.4 Å².